The number of carbonyl (C=O) groups is 4. The molecule has 0 saturated carbocycles. The van der Waals surface area contributed by atoms with E-state index in [2.05, 4.69) is 25.9 Å². The summed E-state index contributed by atoms with van der Waals surface area (Å²) < 4.78 is 0. The topological polar surface area (TPSA) is 279 Å². The van der Waals surface area contributed by atoms with Gasteiger partial charge in [0.15, 0.2) is 11.9 Å². The highest BCUT2D eigenvalue weighted by molar-refractivity contribution is 7.98. The fourth-order valence-corrected chi connectivity index (χ4v) is 4.19. The van der Waals surface area contributed by atoms with Crippen LogP contribution in [-0.2, 0) is 19.2 Å². The Bertz CT molecular complexity index is 838. The summed E-state index contributed by atoms with van der Waals surface area (Å²) in [5, 5.41) is 17.3. The van der Waals surface area contributed by atoms with Crippen molar-refractivity contribution in [2.75, 3.05) is 37.1 Å². The van der Waals surface area contributed by atoms with Gasteiger partial charge in [-0.3, -0.25) is 24.4 Å². The van der Waals surface area contributed by atoms with Crippen LogP contribution in [0, 0.1) is 0 Å². The van der Waals surface area contributed by atoms with E-state index in [0.717, 1.165) is 0 Å². The number of nitrogens with one attached hydrogen (secondary N) is 3. The van der Waals surface area contributed by atoms with Crippen molar-refractivity contribution in [2.24, 2.45) is 38.7 Å². The average Bonchev–Trinajstić information content (AvgIpc) is 2.87. The second-order valence-corrected chi connectivity index (χ2v) is 10.6. The Hall–Kier alpha value is -2.92. The van der Waals surface area contributed by atoms with E-state index in [-0.39, 0.29) is 37.7 Å². The van der Waals surface area contributed by atoms with E-state index < -0.39 is 47.9 Å². The number of nitrogens with two attached hydrogens (primary N) is 5. The second-order valence-electron chi connectivity index (χ2n) is 8.59. The first kappa shape index (κ1) is 36.1. The monoisotopic (exact) mass is 592 g/mol. The molecule has 0 spiro atoms. The number of thioether (sulfide) groups is 2. The molecule has 4 unspecified atom stereocenters. The normalized spacial score (nSPS) is 13.7. The molecule has 0 aromatic heterocycles. The number of carboxylic acid groups (broad SMARTS) is 1. The van der Waals surface area contributed by atoms with Crippen molar-refractivity contribution in [1.82, 2.24) is 16.0 Å². The van der Waals surface area contributed by atoms with E-state index in [1.165, 1.54) is 23.5 Å². The Morgan fingerprint density at radius 3 is 1.56 bits per heavy atom. The Kier molecular flexibility index (Phi) is 19.4. The number of aliphatic imine (C=N–C) groups is 2. The zero-order valence-electron chi connectivity index (χ0n) is 22.6. The molecule has 0 saturated heterocycles. The van der Waals surface area contributed by atoms with Crippen molar-refractivity contribution < 1.29 is 24.3 Å². The molecule has 15 nitrogen and oxygen atoms in total. The van der Waals surface area contributed by atoms with Crippen LogP contribution in [0.2, 0.25) is 0 Å². The first-order valence-corrected chi connectivity index (χ1v) is 15.2. The van der Waals surface area contributed by atoms with Gasteiger partial charge in [0, 0.05) is 13.1 Å². The third kappa shape index (κ3) is 17.3. The second kappa shape index (κ2) is 21.0. The number of hydrogen-bond donors (Lipinski definition) is 9. The number of guanidine groups is 2. The summed E-state index contributed by atoms with van der Waals surface area (Å²) in [5.74, 6) is -2.06. The zero-order chi connectivity index (χ0) is 29.8. The number of nitrogens with zero attached hydrogens (tertiary/aromatic N) is 2. The van der Waals surface area contributed by atoms with Gasteiger partial charge >= 0.3 is 5.97 Å². The van der Waals surface area contributed by atoms with Gasteiger partial charge in [0.25, 0.3) is 0 Å². The van der Waals surface area contributed by atoms with Crippen LogP contribution >= 0.6 is 23.5 Å². The van der Waals surface area contributed by atoms with Crippen molar-refractivity contribution in [3.63, 3.8) is 0 Å². The molecule has 0 aromatic carbocycles. The Balaban J connectivity index is 5.50. The molecule has 3 amide bonds. The predicted molar refractivity (Wildman–Crippen MR) is 157 cm³/mol. The molecule has 0 rings (SSSR count). The molecule has 17 heteroatoms. The van der Waals surface area contributed by atoms with Gasteiger partial charge in [-0.1, -0.05) is 0 Å². The van der Waals surface area contributed by atoms with E-state index in [9.17, 15) is 24.3 Å². The van der Waals surface area contributed by atoms with Gasteiger partial charge in [0.2, 0.25) is 17.7 Å². The van der Waals surface area contributed by atoms with Gasteiger partial charge in [-0.2, -0.15) is 23.5 Å². The molecule has 0 aliphatic carbocycles. The molecule has 4 atom stereocenters. The first-order valence-electron chi connectivity index (χ1n) is 12.4. The van der Waals surface area contributed by atoms with Gasteiger partial charge in [-0.15, -0.1) is 0 Å². The number of hydrogen-bond acceptors (Lipinski definition) is 9. The van der Waals surface area contributed by atoms with Crippen LogP contribution in [0.3, 0.4) is 0 Å². The molecule has 0 radical (unpaired) electrons. The highest BCUT2D eigenvalue weighted by Crippen LogP contribution is 2.07. The molecule has 224 valence electrons. The fourth-order valence-electron chi connectivity index (χ4n) is 3.24. The van der Waals surface area contributed by atoms with E-state index in [1.807, 2.05) is 12.5 Å². The molecule has 39 heavy (non-hydrogen) atoms. The lowest BCUT2D eigenvalue weighted by Gasteiger charge is -2.25. The quantitative estimate of drug-likeness (QED) is 0.0379. The minimum absolute atomic E-state index is 0.0577. The van der Waals surface area contributed by atoms with E-state index >= 15 is 0 Å². The molecular formula is C22H44N10O5S2. The Labute approximate surface area is 237 Å². The highest BCUT2D eigenvalue weighted by atomic mass is 32.2. The van der Waals surface area contributed by atoms with Gasteiger partial charge in [-0.05, 0) is 62.5 Å². The van der Waals surface area contributed by atoms with Crippen LogP contribution in [0.25, 0.3) is 0 Å². The van der Waals surface area contributed by atoms with Gasteiger partial charge in [-0.25, -0.2) is 4.79 Å². The number of rotatable bonds is 21. The third-order valence-corrected chi connectivity index (χ3v) is 6.64. The maximum atomic E-state index is 13.2. The molecule has 0 fully saturated rings. The summed E-state index contributed by atoms with van der Waals surface area (Å²) in [7, 11) is 0. The average molecular weight is 593 g/mol. The van der Waals surface area contributed by atoms with Crippen molar-refractivity contribution in [3.05, 3.63) is 0 Å². The molecule has 0 aliphatic rings. The van der Waals surface area contributed by atoms with Gasteiger partial charge < -0.3 is 49.7 Å². The summed E-state index contributed by atoms with van der Waals surface area (Å²) in [4.78, 5) is 58.2. The summed E-state index contributed by atoms with van der Waals surface area (Å²) in [6.07, 6.45) is 5.41. The number of carbonyl (C=O) groups excluding carboxylic acids is 3. The van der Waals surface area contributed by atoms with Crippen molar-refractivity contribution >= 4 is 59.1 Å². The minimum atomic E-state index is -1.18. The van der Waals surface area contributed by atoms with E-state index in [1.54, 1.807) is 0 Å². The minimum Gasteiger partial charge on any atom is -0.480 e. The number of aliphatic carboxylic acids is 1. The molecule has 0 heterocycles. The van der Waals surface area contributed by atoms with E-state index in [0.29, 0.717) is 37.3 Å². The van der Waals surface area contributed by atoms with Crippen LogP contribution in [0.15, 0.2) is 9.98 Å². The molecule has 14 N–H and O–H groups in total. The molecule has 0 aromatic rings. The maximum absolute atomic E-state index is 13.2. The lowest BCUT2D eigenvalue weighted by molar-refractivity contribution is -0.142. The first-order chi connectivity index (χ1) is 18.4. The highest BCUT2D eigenvalue weighted by Gasteiger charge is 2.30. The van der Waals surface area contributed by atoms with Crippen LogP contribution < -0.4 is 44.6 Å². The largest absolute Gasteiger partial charge is 0.480 e. The lowest BCUT2D eigenvalue weighted by Crippen LogP contribution is -2.57. The SMILES string of the molecule is CSCCC(NC(=O)C(CCCN=C(N)N)NC(=O)C(CCSC)NC(=O)C(N)CCCN=C(N)N)C(=O)O. The van der Waals surface area contributed by atoms with Crippen LogP contribution in [0.5, 0.6) is 0 Å². The van der Waals surface area contributed by atoms with E-state index in [4.69, 9.17) is 28.7 Å². The van der Waals surface area contributed by atoms with Crippen LogP contribution in [0.1, 0.15) is 38.5 Å². The van der Waals surface area contributed by atoms with Gasteiger partial charge in [0.05, 0.1) is 6.04 Å². The van der Waals surface area contributed by atoms with Crippen LogP contribution in [-0.4, -0.2) is 102 Å². The zero-order valence-corrected chi connectivity index (χ0v) is 24.2. The molecule has 0 aliphatic heterocycles. The number of amides is 3. The molecular weight excluding hydrogens is 548 g/mol. The Morgan fingerprint density at radius 1 is 0.692 bits per heavy atom. The smallest absolute Gasteiger partial charge is 0.326 e. The van der Waals surface area contributed by atoms with Crippen LogP contribution in [0.4, 0.5) is 0 Å². The van der Waals surface area contributed by atoms with Crippen molar-refractivity contribution in [2.45, 2.75) is 62.7 Å². The number of carboxylic acids is 1. The fraction of sp³-hybridized carbons (Fsp3) is 0.727. The predicted octanol–water partition coefficient (Wildman–Crippen LogP) is -2.53. The third-order valence-electron chi connectivity index (χ3n) is 5.35. The standard InChI is InChI=1S/C22H44N10O5S2/c1-38-11-7-15(30-17(33)13(23)5-3-9-28-21(24)25)19(35)31-14(6-4-10-29-22(26)27)18(34)32-16(20(36)37)8-12-39-2/h13-16H,3-12,23H2,1-2H3,(H,30,33)(H,31,35)(H,32,34)(H,36,37)(H4,24,25,28)(H4,26,27,29). The van der Waals surface area contributed by atoms with Gasteiger partial charge in [0.1, 0.15) is 18.1 Å². The lowest BCUT2D eigenvalue weighted by atomic mass is 10.1. The molecule has 0 bridgehead atoms. The Morgan fingerprint density at radius 2 is 1.10 bits per heavy atom. The summed E-state index contributed by atoms with van der Waals surface area (Å²) in [6.45, 7) is 0.517. The van der Waals surface area contributed by atoms with Crippen molar-refractivity contribution in [1.29, 1.82) is 0 Å². The van der Waals surface area contributed by atoms with Crippen molar-refractivity contribution in [3.8, 4) is 0 Å². The maximum Gasteiger partial charge on any atom is 0.326 e. The summed E-state index contributed by atoms with van der Waals surface area (Å²) in [6, 6.07) is -4.06. The summed E-state index contributed by atoms with van der Waals surface area (Å²) in [5.41, 5.74) is 27.2. The summed E-state index contributed by atoms with van der Waals surface area (Å²) >= 11 is 2.93.